The lowest BCUT2D eigenvalue weighted by Crippen LogP contribution is -2.38. The fourth-order valence-corrected chi connectivity index (χ4v) is 2.11. The van der Waals surface area contributed by atoms with Gasteiger partial charge >= 0.3 is 6.03 Å². The van der Waals surface area contributed by atoms with E-state index in [1.54, 1.807) is 0 Å². The molecule has 0 heterocycles. The van der Waals surface area contributed by atoms with E-state index in [9.17, 15) is 4.79 Å². The molecule has 0 fully saturated rings. The van der Waals surface area contributed by atoms with Crippen LogP contribution in [0.5, 0.6) is 0 Å². The molecule has 0 bridgehead atoms. The van der Waals surface area contributed by atoms with Gasteiger partial charge < -0.3 is 10.6 Å². The molecular formula is C17H20N2O. The predicted molar refractivity (Wildman–Crippen MR) is 81.7 cm³/mol. The summed E-state index contributed by atoms with van der Waals surface area (Å²) in [4.78, 5) is 11.8. The number of aryl methyl sites for hydroxylation is 1. The van der Waals surface area contributed by atoms with Crippen LogP contribution in [0, 0.1) is 6.92 Å². The summed E-state index contributed by atoms with van der Waals surface area (Å²) in [5, 5.41) is 5.80. The molecule has 0 aliphatic carbocycles. The van der Waals surface area contributed by atoms with Crippen LogP contribution in [0.2, 0.25) is 0 Å². The highest BCUT2D eigenvalue weighted by atomic mass is 16.2. The summed E-state index contributed by atoms with van der Waals surface area (Å²) in [6.07, 6.45) is 0. The quantitative estimate of drug-likeness (QED) is 0.876. The van der Waals surface area contributed by atoms with Gasteiger partial charge in [0.05, 0.1) is 6.04 Å². The number of carbonyl (C=O) groups is 1. The van der Waals surface area contributed by atoms with Crippen LogP contribution >= 0.6 is 0 Å². The lowest BCUT2D eigenvalue weighted by Gasteiger charge is -2.20. The van der Waals surface area contributed by atoms with Crippen molar-refractivity contribution in [3.05, 3.63) is 71.3 Å². The van der Waals surface area contributed by atoms with E-state index in [0.717, 1.165) is 11.1 Å². The minimum Gasteiger partial charge on any atom is -0.338 e. The van der Waals surface area contributed by atoms with Gasteiger partial charge in [-0.1, -0.05) is 60.2 Å². The number of benzene rings is 2. The number of carbonyl (C=O) groups excluding carboxylic acids is 1. The molecule has 0 aromatic heterocycles. The molecule has 2 rings (SSSR count). The van der Waals surface area contributed by atoms with Crippen LogP contribution in [0.1, 0.15) is 29.7 Å². The molecule has 0 aliphatic rings. The summed E-state index contributed by atoms with van der Waals surface area (Å²) in [5.41, 5.74) is 3.36. The van der Waals surface area contributed by atoms with Gasteiger partial charge in [-0.15, -0.1) is 0 Å². The highest BCUT2D eigenvalue weighted by Gasteiger charge is 2.15. The van der Waals surface area contributed by atoms with Gasteiger partial charge in [-0.2, -0.15) is 0 Å². The first kappa shape index (κ1) is 14.1. The molecule has 2 aromatic rings. The molecule has 3 nitrogen and oxygen atoms in total. The monoisotopic (exact) mass is 268 g/mol. The van der Waals surface area contributed by atoms with E-state index in [4.69, 9.17) is 0 Å². The van der Waals surface area contributed by atoms with Gasteiger partial charge in [0.2, 0.25) is 0 Å². The third-order valence-corrected chi connectivity index (χ3v) is 3.16. The average Bonchev–Trinajstić information content (AvgIpc) is 2.47. The number of hydrogen-bond donors (Lipinski definition) is 2. The Morgan fingerprint density at radius 1 is 1.00 bits per heavy atom. The Morgan fingerprint density at radius 3 is 2.20 bits per heavy atom. The van der Waals surface area contributed by atoms with E-state index >= 15 is 0 Å². The Bertz CT molecular complexity index is 549. The van der Waals surface area contributed by atoms with E-state index in [0.29, 0.717) is 6.54 Å². The molecule has 1 atom stereocenters. The largest absolute Gasteiger partial charge is 0.338 e. The molecule has 0 saturated heterocycles. The van der Waals surface area contributed by atoms with E-state index in [-0.39, 0.29) is 12.1 Å². The minimum absolute atomic E-state index is 0.136. The summed E-state index contributed by atoms with van der Waals surface area (Å²) in [7, 11) is 0. The lowest BCUT2D eigenvalue weighted by atomic mass is 9.98. The Balaban J connectivity index is 2.29. The Kier molecular flexibility index (Phi) is 4.77. The van der Waals surface area contributed by atoms with Crippen LogP contribution in [0.4, 0.5) is 4.79 Å². The van der Waals surface area contributed by atoms with Crippen LogP contribution in [0.25, 0.3) is 0 Å². The first-order valence-electron chi connectivity index (χ1n) is 6.86. The van der Waals surface area contributed by atoms with Crippen LogP contribution in [0.15, 0.2) is 54.6 Å². The number of amides is 2. The molecule has 0 saturated carbocycles. The third-order valence-electron chi connectivity index (χ3n) is 3.16. The van der Waals surface area contributed by atoms with Gasteiger partial charge in [-0.05, 0) is 25.0 Å². The maximum absolute atomic E-state index is 11.8. The van der Waals surface area contributed by atoms with Crippen LogP contribution in [0.3, 0.4) is 0 Å². The van der Waals surface area contributed by atoms with Crippen molar-refractivity contribution >= 4 is 6.03 Å². The van der Waals surface area contributed by atoms with Crippen molar-refractivity contribution in [2.45, 2.75) is 19.9 Å². The molecule has 104 valence electrons. The summed E-state index contributed by atoms with van der Waals surface area (Å²) < 4.78 is 0. The number of rotatable bonds is 4. The van der Waals surface area contributed by atoms with Gasteiger partial charge in [0, 0.05) is 6.54 Å². The van der Waals surface area contributed by atoms with Crippen LogP contribution in [-0.4, -0.2) is 12.6 Å². The van der Waals surface area contributed by atoms with Crippen molar-refractivity contribution in [3.8, 4) is 0 Å². The van der Waals surface area contributed by atoms with E-state index in [1.807, 2.05) is 37.3 Å². The second-order valence-corrected chi connectivity index (χ2v) is 4.76. The molecule has 0 radical (unpaired) electrons. The van der Waals surface area contributed by atoms with Crippen molar-refractivity contribution in [2.24, 2.45) is 0 Å². The number of nitrogens with one attached hydrogen (secondary N) is 2. The standard InChI is InChI=1S/C17H20N2O/c1-3-18-17(20)19-16(14-7-5-4-6-8-14)15-11-9-13(2)10-12-15/h4-12,16H,3H2,1-2H3,(H2,18,19,20). The zero-order chi connectivity index (χ0) is 14.4. The first-order chi connectivity index (χ1) is 9.70. The molecule has 2 N–H and O–H groups in total. The normalized spacial score (nSPS) is 11.7. The van der Waals surface area contributed by atoms with E-state index in [1.165, 1.54) is 5.56 Å². The Morgan fingerprint density at radius 2 is 1.60 bits per heavy atom. The van der Waals surface area contributed by atoms with Crippen molar-refractivity contribution in [3.63, 3.8) is 0 Å². The maximum atomic E-state index is 11.8. The molecule has 0 aliphatic heterocycles. The molecular weight excluding hydrogens is 248 g/mol. The zero-order valence-electron chi connectivity index (χ0n) is 11.9. The van der Waals surface area contributed by atoms with Gasteiger partial charge in [0.1, 0.15) is 0 Å². The maximum Gasteiger partial charge on any atom is 0.315 e. The molecule has 1 unspecified atom stereocenters. The van der Waals surface area contributed by atoms with Gasteiger partial charge in [0.25, 0.3) is 0 Å². The fraction of sp³-hybridized carbons (Fsp3) is 0.235. The Labute approximate surface area is 120 Å². The SMILES string of the molecule is CCNC(=O)NC(c1ccccc1)c1ccc(C)cc1. The Hall–Kier alpha value is -2.29. The van der Waals surface area contributed by atoms with Crippen molar-refractivity contribution in [2.75, 3.05) is 6.54 Å². The zero-order valence-corrected chi connectivity index (χ0v) is 11.9. The number of hydrogen-bond acceptors (Lipinski definition) is 1. The van der Waals surface area contributed by atoms with Crippen molar-refractivity contribution < 1.29 is 4.79 Å². The summed E-state index contributed by atoms with van der Waals surface area (Å²) in [5.74, 6) is 0. The molecule has 3 heteroatoms. The van der Waals surface area contributed by atoms with Gasteiger partial charge in [-0.3, -0.25) is 0 Å². The van der Waals surface area contributed by atoms with E-state index in [2.05, 4.69) is 41.8 Å². The molecule has 2 amide bonds. The van der Waals surface area contributed by atoms with E-state index < -0.39 is 0 Å². The molecule has 2 aromatic carbocycles. The smallest absolute Gasteiger partial charge is 0.315 e. The van der Waals surface area contributed by atoms with Crippen molar-refractivity contribution in [1.82, 2.24) is 10.6 Å². The topological polar surface area (TPSA) is 41.1 Å². The summed E-state index contributed by atoms with van der Waals surface area (Å²) in [6, 6.07) is 17.9. The van der Waals surface area contributed by atoms with Gasteiger partial charge in [-0.25, -0.2) is 4.79 Å². The minimum atomic E-state index is -0.151. The highest BCUT2D eigenvalue weighted by Crippen LogP contribution is 2.22. The molecule has 20 heavy (non-hydrogen) atoms. The number of urea groups is 1. The lowest BCUT2D eigenvalue weighted by molar-refractivity contribution is 0.239. The average molecular weight is 268 g/mol. The van der Waals surface area contributed by atoms with Crippen LogP contribution in [-0.2, 0) is 0 Å². The van der Waals surface area contributed by atoms with Crippen molar-refractivity contribution in [1.29, 1.82) is 0 Å². The summed E-state index contributed by atoms with van der Waals surface area (Å²) >= 11 is 0. The molecule has 0 spiro atoms. The van der Waals surface area contributed by atoms with Gasteiger partial charge in [0.15, 0.2) is 0 Å². The summed E-state index contributed by atoms with van der Waals surface area (Å²) in [6.45, 7) is 4.57. The second-order valence-electron chi connectivity index (χ2n) is 4.76. The predicted octanol–water partition coefficient (Wildman–Crippen LogP) is 3.40. The second kappa shape index (κ2) is 6.75. The highest BCUT2D eigenvalue weighted by molar-refractivity contribution is 5.75. The van der Waals surface area contributed by atoms with Crippen LogP contribution < -0.4 is 10.6 Å². The fourth-order valence-electron chi connectivity index (χ4n) is 2.11. The third kappa shape index (κ3) is 3.60. The first-order valence-corrected chi connectivity index (χ1v) is 6.86.